The Balaban J connectivity index is 1.78. The van der Waals surface area contributed by atoms with E-state index in [4.69, 9.17) is 5.73 Å². The molecule has 2 heterocycles. The molecule has 2 aliphatic heterocycles. The Morgan fingerprint density at radius 3 is 2.62 bits per heavy atom. The number of hydrogen-bond acceptors (Lipinski definition) is 6. The Kier molecular flexibility index (Phi) is 4.37. The zero-order valence-electron chi connectivity index (χ0n) is 14.5. The Morgan fingerprint density at radius 2 is 1.96 bits per heavy atom. The average molecular weight is 356 g/mol. The van der Waals surface area contributed by atoms with E-state index in [2.05, 4.69) is 10.6 Å². The fourth-order valence-corrected chi connectivity index (χ4v) is 2.95. The molecule has 1 aromatic carbocycles. The molecule has 1 atom stereocenters. The lowest BCUT2D eigenvalue weighted by molar-refractivity contribution is -0.149. The second-order valence-electron chi connectivity index (χ2n) is 6.97. The van der Waals surface area contributed by atoms with Gasteiger partial charge in [0, 0.05) is 23.7 Å². The highest BCUT2D eigenvalue weighted by molar-refractivity contribution is 6.20. The van der Waals surface area contributed by atoms with Crippen molar-refractivity contribution >= 4 is 29.3 Å². The number of nitrogens with two attached hydrogens (primary N) is 1. The summed E-state index contributed by atoms with van der Waals surface area (Å²) < 4.78 is 0. The fraction of sp³-hybridized carbons (Fsp3) is 0.333. The van der Waals surface area contributed by atoms with Gasteiger partial charge in [0.05, 0.1) is 0 Å². The summed E-state index contributed by atoms with van der Waals surface area (Å²) in [5, 5.41) is 5.08. The summed E-state index contributed by atoms with van der Waals surface area (Å²) in [6.45, 7) is 3.72. The lowest BCUT2D eigenvalue weighted by atomic mass is 9.95. The first-order valence-corrected chi connectivity index (χ1v) is 8.26. The lowest BCUT2D eigenvalue weighted by Crippen LogP contribution is -2.54. The maximum atomic E-state index is 12.6. The molecular formula is C18H20N4O4. The van der Waals surface area contributed by atoms with Gasteiger partial charge in [0.25, 0.3) is 11.8 Å². The van der Waals surface area contributed by atoms with Crippen molar-refractivity contribution in [2.45, 2.75) is 38.3 Å². The molecule has 0 saturated carbocycles. The largest absolute Gasteiger partial charge is 0.351 e. The van der Waals surface area contributed by atoms with E-state index in [1.54, 1.807) is 18.2 Å². The quantitative estimate of drug-likeness (QED) is 0.669. The molecule has 1 fully saturated rings. The molecule has 8 heteroatoms. The number of rotatable bonds is 4. The number of anilines is 1. The number of amides is 4. The molecule has 4 N–H and O–H groups in total. The van der Waals surface area contributed by atoms with E-state index in [1.165, 1.54) is 0 Å². The maximum Gasteiger partial charge on any atom is 0.278 e. The summed E-state index contributed by atoms with van der Waals surface area (Å²) in [6.07, 6.45) is 1.37. The van der Waals surface area contributed by atoms with Gasteiger partial charge in [-0.05, 0) is 38.0 Å². The highest BCUT2D eigenvalue weighted by Gasteiger charge is 2.42. The molecule has 1 aromatic rings. The van der Waals surface area contributed by atoms with Gasteiger partial charge >= 0.3 is 0 Å². The molecular weight excluding hydrogens is 336 g/mol. The van der Waals surface area contributed by atoms with Crippen molar-refractivity contribution in [2.24, 2.45) is 5.73 Å². The van der Waals surface area contributed by atoms with E-state index < -0.39 is 35.2 Å². The second kappa shape index (κ2) is 6.38. The minimum atomic E-state index is -0.974. The van der Waals surface area contributed by atoms with Crippen LogP contribution in [0.5, 0.6) is 0 Å². The van der Waals surface area contributed by atoms with Crippen molar-refractivity contribution in [3.8, 4) is 0 Å². The summed E-state index contributed by atoms with van der Waals surface area (Å²) in [6, 6.07) is 6.25. The van der Waals surface area contributed by atoms with E-state index in [0.717, 1.165) is 16.5 Å². The van der Waals surface area contributed by atoms with Crippen LogP contribution in [0.2, 0.25) is 0 Å². The zero-order chi connectivity index (χ0) is 19.1. The normalized spacial score (nSPS) is 21.0. The van der Waals surface area contributed by atoms with E-state index >= 15 is 0 Å². The van der Waals surface area contributed by atoms with Gasteiger partial charge in [-0.15, -0.1) is 0 Å². The smallest absolute Gasteiger partial charge is 0.278 e. The Morgan fingerprint density at radius 1 is 1.23 bits per heavy atom. The van der Waals surface area contributed by atoms with E-state index in [9.17, 15) is 19.2 Å². The molecule has 0 aliphatic carbocycles. The summed E-state index contributed by atoms with van der Waals surface area (Å²) >= 11 is 0. The average Bonchev–Trinajstić information content (AvgIpc) is 2.82. The monoisotopic (exact) mass is 356 g/mol. The first-order chi connectivity index (χ1) is 12.2. The lowest BCUT2D eigenvalue weighted by Gasteiger charge is -2.28. The Hall–Kier alpha value is -3.00. The van der Waals surface area contributed by atoms with E-state index in [1.807, 2.05) is 19.9 Å². The topological polar surface area (TPSA) is 122 Å². The molecule has 0 bridgehead atoms. The highest BCUT2D eigenvalue weighted by atomic mass is 16.2. The summed E-state index contributed by atoms with van der Waals surface area (Å²) in [5.74, 6) is -2.22. The molecule has 0 spiro atoms. The molecule has 136 valence electrons. The number of nitrogens with one attached hydrogen (secondary N) is 2. The number of hydrogen-bond donors (Lipinski definition) is 3. The SMILES string of the molecule is CC(C)(N)c1cccc(NC2=CC(=O)N(C3CCC(=O)NC3=O)C2=O)c1. The van der Waals surface area contributed by atoms with Crippen LogP contribution < -0.4 is 16.4 Å². The van der Waals surface area contributed by atoms with Crippen molar-refractivity contribution in [3.05, 3.63) is 41.6 Å². The molecule has 2 aliphatic rings. The van der Waals surface area contributed by atoms with Gasteiger partial charge in [-0.25, -0.2) is 0 Å². The third-order valence-corrected chi connectivity index (χ3v) is 4.36. The third kappa shape index (κ3) is 3.36. The number of imide groups is 2. The maximum absolute atomic E-state index is 12.6. The van der Waals surface area contributed by atoms with Crippen LogP contribution in [-0.4, -0.2) is 34.6 Å². The number of piperidine rings is 1. The second-order valence-corrected chi connectivity index (χ2v) is 6.97. The van der Waals surface area contributed by atoms with E-state index in [0.29, 0.717) is 5.69 Å². The number of carbonyl (C=O) groups excluding carboxylic acids is 4. The zero-order valence-corrected chi connectivity index (χ0v) is 14.5. The van der Waals surface area contributed by atoms with Crippen molar-refractivity contribution < 1.29 is 19.2 Å². The summed E-state index contributed by atoms with van der Waals surface area (Å²) in [4.78, 5) is 49.0. The summed E-state index contributed by atoms with van der Waals surface area (Å²) in [7, 11) is 0. The molecule has 4 amide bonds. The molecule has 26 heavy (non-hydrogen) atoms. The molecule has 8 nitrogen and oxygen atoms in total. The number of nitrogens with zero attached hydrogens (tertiary/aromatic N) is 1. The minimum absolute atomic E-state index is 0.0756. The van der Waals surface area contributed by atoms with Crippen molar-refractivity contribution in [1.29, 1.82) is 0 Å². The Bertz CT molecular complexity index is 838. The van der Waals surface area contributed by atoms with Gasteiger partial charge in [0.2, 0.25) is 11.8 Å². The molecule has 0 aromatic heterocycles. The van der Waals surface area contributed by atoms with Crippen molar-refractivity contribution in [3.63, 3.8) is 0 Å². The van der Waals surface area contributed by atoms with Gasteiger partial charge in [-0.3, -0.25) is 29.4 Å². The van der Waals surface area contributed by atoms with Crippen LogP contribution in [0.4, 0.5) is 5.69 Å². The van der Waals surface area contributed by atoms with Gasteiger partial charge in [-0.2, -0.15) is 0 Å². The number of benzene rings is 1. The highest BCUT2D eigenvalue weighted by Crippen LogP contribution is 2.25. The Labute approximate surface area is 150 Å². The molecule has 1 saturated heterocycles. The first-order valence-electron chi connectivity index (χ1n) is 8.26. The summed E-state index contributed by atoms with van der Waals surface area (Å²) in [5.41, 5.74) is 7.08. The molecule has 1 unspecified atom stereocenters. The molecule has 0 radical (unpaired) electrons. The molecule has 3 rings (SSSR count). The van der Waals surface area contributed by atoms with Gasteiger partial charge < -0.3 is 11.1 Å². The van der Waals surface area contributed by atoms with Crippen LogP contribution in [0.3, 0.4) is 0 Å². The fourth-order valence-electron chi connectivity index (χ4n) is 2.95. The van der Waals surface area contributed by atoms with Gasteiger partial charge in [-0.1, -0.05) is 12.1 Å². The van der Waals surface area contributed by atoms with E-state index in [-0.39, 0.29) is 18.5 Å². The van der Waals surface area contributed by atoms with Gasteiger partial charge in [0.15, 0.2) is 0 Å². The van der Waals surface area contributed by atoms with Crippen LogP contribution in [0.25, 0.3) is 0 Å². The number of carbonyl (C=O) groups is 4. The van der Waals surface area contributed by atoms with Gasteiger partial charge in [0.1, 0.15) is 11.7 Å². The third-order valence-electron chi connectivity index (χ3n) is 4.36. The first kappa shape index (κ1) is 17.8. The van der Waals surface area contributed by atoms with Crippen molar-refractivity contribution in [2.75, 3.05) is 5.32 Å². The predicted molar refractivity (Wildman–Crippen MR) is 93.4 cm³/mol. The standard InChI is InChI=1S/C18H20N4O4/c1-18(2,19)10-4-3-5-11(8-10)20-12-9-15(24)22(17(12)26)13-6-7-14(23)21-16(13)25/h3-5,8-9,13,20H,6-7,19H2,1-2H3,(H,21,23,25). The van der Waals surface area contributed by atoms with Crippen LogP contribution in [-0.2, 0) is 24.7 Å². The van der Waals surface area contributed by atoms with Crippen LogP contribution in [0.15, 0.2) is 36.0 Å². The predicted octanol–water partition coefficient (Wildman–Crippen LogP) is 0.350. The minimum Gasteiger partial charge on any atom is -0.351 e. The van der Waals surface area contributed by atoms with Crippen LogP contribution in [0.1, 0.15) is 32.3 Å². The van der Waals surface area contributed by atoms with Crippen LogP contribution >= 0.6 is 0 Å². The van der Waals surface area contributed by atoms with Crippen LogP contribution in [0, 0.1) is 0 Å². The van der Waals surface area contributed by atoms with Crippen molar-refractivity contribution in [1.82, 2.24) is 10.2 Å².